The van der Waals surface area contributed by atoms with Crippen molar-refractivity contribution >= 4 is 42.4 Å². The molecule has 0 radical (unpaired) electrons. The molecule has 2 N–H and O–H groups in total. The summed E-state index contributed by atoms with van der Waals surface area (Å²) in [5.74, 6) is 0.586. The smallest absolute Gasteiger partial charge is 0.268 e. The highest BCUT2D eigenvalue weighted by Crippen LogP contribution is 2.29. The highest BCUT2D eigenvalue weighted by molar-refractivity contribution is 9.10. The van der Waals surface area contributed by atoms with Crippen LogP contribution in [0.3, 0.4) is 0 Å². The first kappa shape index (κ1) is 14.1. The van der Waals surface area contributed by atoms with Gasteiger partial charge in [0.25, 0.3) is 10.0 Å². The molecule has 0 spiro atoms. The van der Waals surface area contributed by atoms with E-state index >= 15 is 0 Å². The van der Waals surface area contributed by atoms with Crippen LogP contribution in [0.15, 0.2) is 31.6 Å². The average molecular weight is 378 g/mol. The Hall–Kier alpha value is -0.900. The number of hydrogen-bond acceptors (Lipinski definition) is 6. The van der Waals surface area contributed by atoms with Gasteiger partial charge < -0.3 is 9.73 Å². The topological polar surface area (TPSA) is 84.2 Å². The van der Waals surface area contributed by atoms with E-state index in [1.807, 2.05) is 0 Å². The summed E-state index contributed by atoms with van der Waals surface area (Å²) < 4.78 is 32.5. The van der Waals surface area contributed by atoms with E-state index in [1.54, 1.807) is 5.38 Å². The van der Waals surface area contributed by atoms with Gasteiger partial charge in [-0.2, -0.15) is 0 Å². The minimum atomic E-state index is -3.69. The molecule has 2 aromatic rings. The minimum absolute atomic E-state index is 0.0836. The van der Waals surface area contributed by atoms with E-state index in [-0.39, 0.29) is 9.56 Å². The second-order valence-corrected chi connectivity index (χ2v) is 7.71. The van der Waals surface area contributed by atoms with Gasteiger partial charge in [0.05, 0.1) is 6.54 Å². The molecule has 20 heavy (non-hydrogen) atoms. The Morgan fingerprint density at radius 3 is 2.95 bits per heavy atom. The lowest BCUT2D eigenvalue weighted by Crippen LogP contribution is -2.15. The maximum atomic E-state index is 12.2. The predicted octanol–water partition coefficient (Wildman–Crippen LogP) is 2.55. The SMILES string of the molecule is O=S(=O)(Nc1nccs1)c1cc(CNC2CC2)oc1Br. The fourth-order valence-corrected chi connectivity index (χ4v) is 4.43. The fraction of sp³-hybridized carbons (Fsp3) is 0.364. The highest BCUT2D eigenvalue weighted by atomic mass is 79.9. The van der Waals surface area contributed by atoms with E-state index in [4.69, 9.17) is 4.42 Å². The third-order valence-electron chi connectivity index (χ3n) is 2.79. The number of nitrogens with one attached hydrogen (secondary N) is 2. The van der Waals surface area contributed by atoms with Crippen molar-refractivity contribution in [2.24, 2.45) is 0 Å². The lowest BCUT2D eigenvalue weighted by molar-refractivity contribution is 0.460. The van der Waals surface area contributed by atoms with Crippen molar-refractivity contribution in [3.05, 3.63) is 28.1 Å². The Bertz CT molecular complexity index is 693. The van der Waals surface area contributed by atoms with Crippen LogP contribution in [-0.2, 0) is 16.6 Å². The summed E-state index contributed by atoms with van der Waals surface area (Å²) in [7, 11) is -3.69. The zero-order valence-electron chi connectivity index (χ0n) is 10.3. The van der Waals surface area contributed by atoms with Crippen molar-refractivity contribution < 1.29 is 12.8 Å². The molecule has 0 aliphatic heterocycles. The molecule has 0 amide bonds. The highest BCUT2D eigenvalue weighted by Gasteiger charge is 2.25. The molecule has 9 heteroatoms. The van der Waals surface area contributed by atoms with Crippen LogP contribution in [-0.4, -0.2) is 19.4 Å². The second kappa shape index (κ2) is 5.47. The van der Waals surface area contributed by atoms with Crippen molar-refractivity contribution in [1.29, 1.82) is 0 Å². The molecule has 6 nitrogen and oxygen atoms in total. The van der Waals surface area contributed by atoms with Gasteiger partial charge in [-0.3, -0.25) is 4.72 Å². The molecule has 0 atom stereocenters. The maximum absolute atomic E-state index is 12.2. The van der Waals surface area contributed by atoms with Crippen LogP contribution in [0.25, 0.3) is 0 Å². The van der Waals surface area contributed by atoms with Crippen molar-refractivity contribution in [3.63, 3.8) is 0 Å². The second-order valence-electron chi connectivity index (χ2n) is 4.45. The lowest BCUT2D eigenvalue weighted by atomic mass is 10.4. The van der Waals surface area contributed by atoms with Gasteiger partial charge in [0.15, 0.2) is 9.80 Å². The van der Waals surface area contributed by atoms with Crippen LogP contribution < -0.4 is 10.0 Å². The van der Waals surface area contributed by atoms with Crippen molar-refractivity contribution in [2.45, 2.75) is 30.3 Å². The first-order chi connectivity index (χ1) is 9.54. The molecule has 0 aromatic carbocycles. The predicted molar refractivity (Wildman–Crippen MR) is 79.2 cm³/mol. The summed E-state index contributed by atoms with van der Waals surface area (Å²) in [6.45, 7) is 0.524. The average Bonchev–Trinajstić information content (AvgIpc) is 2.93. The number of hydrogen-bond donors (Lipinski definition) is 2. The van der Waals surface area contributed by atoms with Crippen molar-refractivity contribution in [3.8, 4) is 0 Å². The molecule has 0 bridgehead atoms. The molecule has 3 rings (SSSR count). The van der Waals surface area contributed by atoms with E-state index in [9.17, 15) is 8.42 Å². The van der Waals surface area contributed by atoms with Gasteiger partial charge in [0.2, 0.25) is 0 Å². The summed E-state index contributed by atoms with van der Waals surface area (Å²) >= 11 is 4.37. The quantitative estimate of drug-likeness (QED) is 0.807. The standard InChI is InChI=1S/C11H12BrN3O3S2/c12-10-9(5-8(18-10)6-14-7-1-2-7)20(16,17)15-11-13-3-4-19-11/h3-5,7,14H,1-2,6H2,(H,13,15). The largest absolute Gasteiger partial charge is 0.451 e. The van der Waals surface area contributed by atoms with Gasteiger partial charge >= 0.3 is 0 Å². The van der Waals surface area contributed by atoms with Gasteiger partial charge in [-0.25, -0.2) is 13.4 Å². The number of nitrogens with zero attached hydrogens (tertiary/aromatic N) is 1. The van der Waals surface area contributed by atoms with E-state index in [2.05, 4.69) is 31.0 Å². The van der Waals surface area contributed by atoms with Crippen LogP contribution in [0.5, 0.6) is 0 Å². The van der Waals surface area contributed by atoms with Gasteiger partial charge in [-0.15, -0.1) is 11.3 Å². The van der Waals surface area contributed by atoms with Crippen LogP contribution in [0.4, 0.5) is 5.13 Å². The third kappa shape index (κ3) is 3.22. The number of sulfonamides is 1. The lowest BCUT2D eigenvalue weighted by Gasteiger charge is -2.01. The molecule has 0 saturated heterocycles. The first-order valence-electron chi connectivity index (χ1n) is 5.98. The van der Waals surface area contributed by atoms with Crippen LogP contribution >= 0.6 is 27.3 Å². The third-order valence-corrected chi connectivity index (χ3v) is 5.81. The molecule has 2 heterocycles. The molecule has 1 aliphatic carbocycles. The van der Waals surface area contributed by atoms with Gasteiger partial charge in [0, 0.05) is 23.7 Å². The monoisotopic (exact) mass is 377 g/mol. The van der Waals surface area contributed by atoms with Gasteiger partial charge in [-0.1, -0.05) is 0 Å². The Morgan fingerprint density at radius 1 is 1.50 bits per heavy atom. The number of halogens is 1. The van der Waals surface area contributed by atoms with E-state index in [0.29, 0.717) is 23.5 Å². The normalized spacial score (nSPS) is 15.4. The molecule has 1 fully saturated rings. The molecule has 0 unspecified atom stereocenters. The molecular weight excluding hydrogens is 366 g/mol. The Kier molecular flexibility index (Phi) is 3.85. The van der Waals surface area contributed by atoms with Gasteiger partial charge in [-0.05, 0) is 28.8 Å². The van der Waals surface area contributed by atoms with Crippen molar-refractivity contribution in [2.75, 3.05) is 4.72 Å². The summed E-state index contributed by atoms with van der Waals surface area (Å²) in [5.41, 5.74) is 0. The molecule has 108 valence electrons. The molecular formula is C11H12BrN3O3S2. The molecule has 2 aromatic heterocycles. The number of anilines is 1. The summed E-state index contributed by atoms with van der Waals surface area (Å²) in [6.07, 6.45) is 3.87. The first-order valence-corrected chi connectivity index (χ1v) is 9.14. The van der Waals surface area contributed by atoms with Crippen LogP contribution in [0.2, 0.25) is 0 Å². The number of aromatic nitrogens is 1. The number of thiazole rings is 1. The van der Waals surface area contributed by atoms with E-state index in [1.165, 1.54) is 36.4 Å². The minimum Gasteiger partial charge on any atom is -0.451 e. The number of furan rings is 1. The fourth-order valence-electron chi connectivity index (χ4n) is 1.64. The zero-order chi connectivity index (χ0) is 14.2. The van der Waals surface area contributed by atoms with Crippen molar-refractivity contribution in [1.82, 2.24) is 10.3 Å². The van der Waals surface area contributed by atoms with Crippen LogP contribution in [0, 0.1) is 0 Å². The summed E-state index contributed by atoms with van der Waals surface area (Å²) in [4.78, 5) is 3.98. The van der Waals surface area contributed by atoms with E-state index < -0.39 is 10.0 Å². The zero-order valence-corrected chi connectivity index (χ0v) is 13.5. The Balaban J connectivity index is 1.77. The summed E-state index contributed by atoms with van der Waals surface area (Å²) in [5, 5.41) is 5.30. The summed E-state index contributed by atoms with van der Waals surface area (Å²) in [6, 6.07) is 2.06. The molecule has 1 aliphatic rings. The number of rotatable bonds is 6. The van der Waals surface area contributed by atoms with E-state index in [0.717, 1.165) is 0 Å². The maximum Gasteiger partial charge on any atom is 0.268 e. The molecule has 1 saturated carbocycles. The van der Waals surface area contributed by atoms with Crippen LogP contribution in [0.1, 0.15) is 18.6 Å². The Morgan fingerprint density at radius 2 is 2.30 bits per heavy atom. The van der Waals surface area contributed by atoms with Gasteiger partial charge in [0.1, 0.15) is 10.7 Å². The Labute approximate surface area is 128 Å².